The van der Waals surface area contributed by atoms with Crippen LogP contribution in [0.5, 0.6) is 0 Å². The van der Waals surface area contributed by atoms with E-state index in [1.807, 2.05) is 0 Å². The lowest BCUT2D eigenvalue weighted by Crippen LogP contribution is -2.44. The van der Waals surface area contributed by atoms with Gasteiger partial charge in [-0.3, -0.25) is 0 Å². The van der Waals surface area contributed by atoms with Gasteiger partial charge in [0.2, 0.25) is 0 Å². The second-order valence-electron chi connectivity index (χ2n) is 7.46. The Morgan fingerprint density at radius 2 is 1.32 bits per heavy atom. The molecule has 1 aromatic rings. The third-order valence-corrected chi connectivity index (χ3v) is 5.32. The highest BCUT2D eigenvalue weighted by molar-refractivity contribution is 5.24. The van der Waals surface area contributed by atoms with Crippen LogP contribution in [-0.2, 0) is 5.41 Å². The van der Waals surface area contributed by atoms with E-state index in [9.17, 15) is 0 Å². The van der Waals surface area contributed by atoms with Crippen molar-refractivity contribution < 1.29 is 0 Å². The molecule has 1 aliphatic rings. The van der Waals surface area contributed by atoms with Gasteiger partial charge < -0.3 is 5.73 Å². The maximum Gasteiger partial charge on any atom is 0.0125 e. The lowest BCUT2D eigenvalue weighted by atomic mass is 9.63. The zero-order valence-corrected chi connectivity index (χ0v) is 12.9. The molecule has 19 heavy (non-hydrogen) atoms. The van der Waals surface area contributed by atoms with Crippen molar-refractivity contribution in [2.24, 2.45) is 17.6 Å². The molecule has 0 amide bonds. The van der Waals surface area contributed by atoms with Crippen LogP contribution in [0, 0.1) is 11.8 Å². The number of benzene rings is 1. The minimum atomic E-state index is -0.0120. The Morgan fingerprint density at radius 1 is 0.842 bits per heavy atom. The highest BCUT2D eigenvalue weighted by Crippen LogP contribution is 2.43. The molecule has 0 aromatic heterocycles. The van der Waals surface area contributed by atoms with Gasteiger partial charge in [-0.1, -0.05) is 44.2 Å². The lowest BCUT2D eigenvalue weighted by Gasteiger charge is -2.43. The average Bonchev–Trinajstić information content (AvgIpc) is 2.39. The molecule has 0 spiro atoms. The molecule has 1 heteroatoms. The third-order valence-electron chi connectivity index (χ3n) is 5.32. The number of hydrogen-bond donors (Lipinski definition) is 1. The fourth-order valence-electron chi connectivity index (χ4n) is 3.66. The molecule has 0 saturated heterocycles. The van der Waals surface area contributed by atoms with Crippen LogP contribution in [0.2, 0.25) is 0 Å². The summed E-state index contributed by atoms with van der Waals surface area (Å²) in [6.45, 7) is 9.17. The molecule has 1 saturated carbocycles. The summed E-state index contributed by atoms with van der Waals surface area (Å²) in [5.41, 5.74) is 8.02. The Balaban J connectivity index is 2.05. The quantitative estimate of drug-likeness (QED) is 0.849. The molecular formula is C18H29N. The molecule has 1 nitrogen and oxygen atoms in total. The summed E-state index contributed by atoms with van der Waals surface area (Å²) in [5, 5.41) is 0. The predicted molar refractivity (Wildman–Crippen MR) is 83.2 cm³/mol. The minimum Gasteiger partial charge on any atom is -0.325 e. The van der Waals surface area contributed by atoms with Gasteiger partial charge in [0.25, 0.3) is 0 Å². The van der Waals surface area contributed by atoms with E-state index in [1.54, 1.807) is 0 Å². The van der Waals surface area contributed by atoms with Crippen molar-refractivity contribution in [2.45, 2.75) is 64.3 Å². The number of hydrogen-bond acceptors (Lipinski definition) is 1. The van der Waals surface area contributed by atoms with Crippen LogP contribution >= 0.6 is 0 Å². The summed E-state index contributed by atoms with van der Waals surface area (Å²) in [4.78, 5) is 0. The van der Waals surface area contributed by atoms with Crippen LogP contribution in [0.15, 0.2) is 30.3 Å². The molecule has 1 fully saturated rings. The zero-order chi connectivity index (χ0) is 14.1. The summed E-state index contributed by atoms with van der Waals surface area (Å²) in [5.74, 6) is 1.48. The van der Waals surface area contributed by atoms with Gasteiger partial charge in [-0.15, -0.1) is 0 Å². The lowest BCUT2D eigenvalue weighted by molar-refractivity contribution is 0.152. The Hall–Kier alpha value is -0.820. The van der Waals surface area contributed by atoms with Crippen LogP contribution in [0.1, 0.15) is 58.9 Å². The van der Waals surface area contributed by atoms with Gasteiger partial charge in [-0.25, -0.2) is 0 Å². The van der Waals surface area contributed by atoms with E-state index >= 15 is 0 Å². The SMILES string of the molecule is CC(C)(N)C1CCC(C(C)(C)c2ccccc2)CC1. The maximum atomic E-state index is 6.28. The first-order chi connectivity index (χ1) is 8.82. The van der Waals surface area contributed by atoms with E-state index in [1.165, 1.54) is 31.2 Å². The molecule has 0 radical (unpaired) electrons. The smallest absolute Gasteiger partial charge is 0.0125 e. The van der Waals surface area contributed by atoms with Gasteiger partial charge in [0.1, 0.15) is 0 Å². The summed E-state index contributed by atoms with van der Waals surface area (Å²) < 4.78 is 0. The van der Waals surface area contributed by atoms with Crippen LogP contribution in [0.25, 0.3) is 0 Å². The molecule has 1 aliphatic carbocycles. The largest absolute Gasteiger partial charge is 0.325 e. The predicted octanol–water partition coefficient (Wildman–Crippen LogP) is 4.51. The van der Waals surface area contributed by atoms with E-state index in [0.717, 1.165) is 5.92 Å². The summed E-state index contributed by atoms with van der Waals surface area (Å²) in [6, 6.07) is 11.0. The van der Waals surface area contributed by atoms with Crippen LogP contribution in [0.3, 0.4) is 0 Å². The summed E-state index contributed by atoms with van der Waals surface area (Å²) in [6.07, 6.45) is 5.19. The Labute approximate surface area is 118 Å². The normalized spacial score (nSPS) is 25.3. The first-order valence-electron chi connectivity index (χ1n) is 7.66. The van der Waals surface area contributed by atoms with Crippen molar-refractivity contribution in [3.8, 4) is 0 Å². The van der Waals surface area contributed by atoms with Crippen LogP contribution < -0.4 is 5.73 Å². The highest BCUT2D eigenvalue weighted by atomic mass is 14.7. The Bertz CT molecular complexity index is 391. The van der Waals surface area contributed by atoms with Gasteiger partial charge in [-0.2, -0.15) is 0 Å². The van der Waals surface area contributed by atoms with E-state index < -0.39 is 0 Å². The van der Waals surface area contributed by atoms with E-state index in [-0.39, 0.29) is 11.0 Å². The fraction of sp³-hybridized carbons (Fsp3) is 0.667. The molecule has 0 bridgehead atoms. The van der Waals surface area contributed by atoms with Crippen LogP contribution in [0.4, 0.5) is 0 Å². The van der Waals surface area contributed by atoms with Gasteiger partial charge >= 0.3 is 0 Å². The van der Waals surface area contributed by atoms with Crippen molar-refractivity contribution in [2.75, 3.05) is 0 Å². The highest BCUT2D eigenvalue weighted by Gasteiger charge is 2.37. The van der Waals surface area contributed by atoms with Gasteiger partial charge in [0.15, 0.2) is 0 Å². The Morgan fingerprint density at radius 3 is 1.79 bits per heavy atom. The fourth-order valence-corrected chi connectivity index (χ4v) is 3.66. The van der Waals surface area contributed by atoms with Crippen molar-refractivity contribution in [1.29, 1.82) is 0 Å². The van der Waals surface area contributed by atoms with E-state index in [2.05, 4.69) is 58.0 Å². The molecule has 0 heterocycles. The zero-order valence-electron chi connectivity index (χ0n) is 12.9. The second kappa shape index (κ2) is 5.28. The van der Waals surface area contributed by atoms with Gasteiger partial charge in [0, 0.05) is 5.54 Å². The van der Waals surface area contributed by atoms with Gasteiger partial charge in [-0.05, 0) is 62.3 Å². The van der Waals surface area contributed by atoms with Gasteiger partial charge in [0.05, 0.1) is 0 Å². The molecule has 2 N–H and O–H groups in total. The monoisotopic (exact) mass is 259 g/mol. The molecule has 0 aliphatic heterocycles. The molecule has 1 aromatic carbocycles. The van der Waals surface area contributed by atoms with Crippen molar-refractivity contribution in [1.82, 2.24) is 0 Å². The third kappa shape index (κ3) is 3.20. The molecular weight excluding hydrogens is 230 g/mol. The average molecular weight is 259 g/mol. The standard InChI is InChI=1S/C18H29N/c1-17(2,14-8-6-5-7-9-14)15-10-12-16(13-11-15)18(3,4)19/h5-9,15-16H,10-13,19H2,1-4H3. The van der Waals surface area contributed by atoms with E-state index in [0.29, 0.717) is 5.92 Å². The Kier molecular flexibility index (Phi) is 4.06. The molecule has 0 unspecified atom stereocenters. The van der Waals surface area contributed by atoms with Crippen LogP contribution in [-0.4, -0.2) is 5.54 Å². The topological polar surface area (TPSA) is 26.0 Å². The summed E-state index contributed by atoms with van der Waals surface area (Å²) in [7, 11) is 0. The van der Waals surface area contributed by atoms with E-state index in [4.69, 9.17) is 5.73 Å². The molecule has 2 rings (SSSR count). The molecule has 0 atom stereocenters. The van der Waals surface area contributed by atoms with Crippen molar-refractivity contribution in [3.63, 3.8) is 0 Å². The molecule has 106 valence electrons. The summed E-state index contributed by atoms with van der Waals surface area (Å²) >= 11 is 0. The second-order valence-corrected chi connectivity index (χ2v) is 7.46. The number of nitrogens with two attached hydrogens (primary N) is 1. The first-order valence-corrected chi connectivity index (χ1v) is 7.66. The minimum absolute atomic E-state index is 0.0120. The first kappa shape index (κ1) is 14.6. The number of rotatable bonds is 3. The maximum absolute atomic E-state index is 6.28. The van der Waals surface area contributed by atoms with Crippen molar-refractivity contribution in [3.05, 3.63) is 35.9 Å². The van der Waals surface area contributed by atoms with Crippen molar-refractivity contribution >= 4 is 0 Å².